The molecule has 1 aromatic carbocycles. The first-order chi connectivity index (χ1) is 12.7. The van der Waals surface area contributed by atoms with Crippen molar-refractivity contribution >= 4 is 26.8 Å². The normalized spacial score (nSPS) is 11.7. The van der Waals surface area contributed by atoms with Crippen LogP contribution in [0, 0.1) is 6.07 Å². The average molecular weight is 387 g/mol. The summed E-state index contributed by atoms with van der Waals surface area (Å²) in [5.74, 6) is 0.0835. The molecule has 1 amide bonds. The van der Waals surface area contributed by atoms with Crippen LogP contribution >= 0.6 is 0 Å². The average Bonchev–Trinajstić information content (AvgIpc) is 3.00. The number of fused-ring (bicyclic) bond motifs is 1. The molecule has 3 aromatic rings. The van der Waals surface area contributed by atoms with Gasteiger partial charge in [-0.05, 0) is 29.8 Å². The lowest BCUT2D eigenvalue weighted by Gasteiger charge is -2.04. The Labute approximate surface area is 155 Å². The summed E-state index contributed by atoms with van der Waals surface area (Å²) in [6.07, 6.45) is 2.41. The van der Waals surface area contributed by atoms with Crippen LogP contribution in [0.1, 0.15) is 5.56 Å². The number of primary amides is 1. The van der Waals surface area contributed by atoms with Gasteiger partial charge in [0, 0.05) is 42.5 Å². The highest BCUT2D eigenvalue weighted by Gasteiger charge is 2.11. The number of H-pyrrole nitrogens is 1. The summed E-state index contributed by atoms with van der Waals surface area (Å²) in [6.45, 7) is 0.904. The molecule has 9 heteroatoms. The quantitative estimate of drug-likeness (QED) is 0.541. The van der Waals surface area contributed by atoms with Crippen molar-refractivity contribution in [3.8, 4) is 11.3 Å². The molecule has 4 N–H and O–H groups in total. The Hall–Kier alpha value is -2.91. The van der Waals surface area contributed by atoms with Gasteiger partial charge in [0.2, 0.25) is 0 Å². The molecule has 141 valence electrons. The van der Waals surface area contributed by atoms with Crippen molar-refractivity contribution in [2.24, 2.45) is 5.73 Å². The van der Waals surface area contributed by atoms with Gasteiger partial charge in [-0.1, -0.05) is 6.07 Å². The van der Waals surface area contributed by atoms with Gasteiger partial charge in [-0.3, -0.25) is 4.79 Å². The Bertz CT molecular complexity index is 1160. The lowest BCUT2D eigenvalue weighted by atomic mass is 10.1. The largest absolute Gasteiger partial charge is 0.354 e. The van der Waals surface area contributed by atoms with Crippen molar-refractivity contribution in [1.82, 2.24) is 14.9 Å². The zero-order valence-corrected chi connectivity index (χ0v) is 15.5. The molecule has 27 heavy (non-hydrogen) atoms. The van der Waals surface area contributed by atoms with E-state index in [2.05, 4.69) is 16.4 Å². The smallest absolute Gasteiger partial charge is 0.325 e. The number of aromatic nitrogens is 2. The van der Waals surface area contributed by atoms with Crippen LogP contribution in [0.15, 0.2) is 41.3 Å². The van der Waals surface area contributed by atoms with E-state index >= 15 is 0 Å². The van der Waals surface area contributed by atoms with Crippen molar-refractivity contribution in [2.75, 3.05) is 18.6 Å². The second-order valence-corrected chi connectivity index (χ2v) is 8.54. The third kappa shape index (κ3) is 4.44. The van der Waals surface area contributed by atoms with Crippen LogP contribution in [0.3, 0.4) is 0 Å². The molecule has 0 saturated heterocycles. The Balaban J connectivity index is 1.83. The Morgan fingerprint density at radius 1 is 1.33 bits per heavy atom. The number of rotatable bonds is 6. The van der Waals surface area contributed by atoms with Gasteiger partial charge in [0.1, 0.15) is 9.84 Å². The number of benzene rings is 1. The number of hydrogen-bond acceptors (Lipinski definition) is 5. The molecule has 2 aromatic heterocycles. The van der Waals surface area contributed by atoms with E-state index in [1.165, 1.54) is 18.5 Å². The molecule has 0 aliphatic heterocycles. The highest BCUT2D eigenvalue weighted by Crippen LogP contribution is 2.23. The van der Waals surface area contributed by atoms with Gasteiger partial charge in [0.25, 0.3) is 5.56 Å². The molecule has 0 atom stereocenters. The first-order valence-electron chi connectivity index (χ1n) is 8.17. The lowest BCUT2D eigenvalue weighted by Crippen LogP contribution is -2.31. The minimum absolute atomic E-state index is 0.0835. The number of carbonyl (C=O) groups excluding carboxylic acids is 1. The molecule has 0 bridgehead atoms. The fourth-order valence-electron chi connectivity index (χ4n) is 2.73. The molecule has 0 saturated carbocycles. The number of nitrogens with two attached hydrogens (primary N) is 1. The zero-order valence-electron chi connectivity index (χ0n) is 14.7. The maximum atomic E-state index is 12.4. The maximum absolute atomic E-state index is 12.4. The number of pyridine rings is 1. The van der Waals surface area contributed by atoms with Crippen LogP contribution in [-0.4, -0.2) is 42.6 Å². The van der Waals surface area contributed by atoms with Gasteiger partial charge in [-0.25, -0.2) is 17.8 Å². The second-order valence-electron chi connectivity index (χ2n) is 6.28. The molecular formula is C18H19N4O4S. The molecule has 0 spiro atoms. The van der Waals surface area contributed by atoms with E-state index in [0.29, 0.717) is 24.3 Å². The van der Waals surface area contributed by atoms with Gasteiger partial charge in [0.15, 0.2) is 0 Å². The number of nitrogens with zero attached hydrogens (tertiary/aromatic N) is 1. The molecule has 0 aliphatic rings. The molecule has 0 unspecified atom stereocenters. The minimum atomic E-state index is -2.99. The third-order valence-corrected chi connectivity index (χ3v) is 5.02. The van der Waals surface area contributed by atoms with E-state index in [1.807, 2.05) is 24.3 Å². The predicted molar refractivity (Wildman–Crippen MR) is 103 cm³/mol. The monoisotopic (exact) mass is 387 g/mol. The Morgan fingerprint density at radius 3 is 2.81 bits per heavy atom. The molecule has 1 radical (unpaired) electrons. The van der Waals surface area contributed by atoms with Crippen LogP contribution < -0.4 is 16.6 Å². The third-order valence-electron chi connectivity index (χ3n) is 4.07. The van der Waals surface area contributed by atoms with Crippen molar-refractivity contribution in [1.29, 1.82) is 0 Å². The Morgan fingerprint density at radius 2 is 2.11 bits per heavy atom. The van der Waals surface area contributed by atoms with E-state index in [1.54, 1.807) is 0 Å². The summed E-state index contributed by atoms with van der Waals surface area (Å²) in [6, 6.07) is 10.9. The lowest BCUT2D eigenvalue weighted by molar-refractivity contribution is 0.249. The van der Waals surface area contributed by atoms with Crippen molar-refractivity contribution in [2.45, 2.75) is 6.54 Å². The van der Waals surface area contributed by atoms with Gasteiger partial charge in [0.05, 0.1) is 17.0 Å². The van der Waals surface area contributed by atoms with Gasteiger partial charge in [-0.15, -0.1) is 0 Å². The summed E-state index contributed by atoms with van der Waals surface area (Å²) < 4.78 is 23.1. The number of amides is 1. The van der Waals surface area contributed by atoms with Crippen molar-refractivity contribution in [3.05, 3.63) is 58.5 Å². The number of hydrogen-bond donors (Lipinski definition) is 3. The van der Waals surface area contributed by atoms with E-state index < -0.39 is 21.4 Å². The molecule has 8 nitrogen and oxygen atoms in total. The number of nitrogens with one attached hydrogen (secondary N) is 2. The van der Waals surface area contributed by atoms with Gasteiger partial charge >= 0.3 is 6.03 Å². The van der Waals surface area contributed by atoms with Crippen molar-refractivity contribution < 1.29 is 13.2 Å². The van der Waals surface area contributed by atoms with Crippen LogP contribution in [0.25, 0.3) is 22.2 Å². The molecule has 2 heterocycles. The predicted octanol–water partition coefficient (Wildman–Crippen LogP) is 0.858. The fourth-order valence-corrected chi connectivity index (χ4v) is 3.24. The first-order valence-corrected chi connectivity index (χ1v) is 10.2. The highest BCUT2D eigenvalue weighted by atomic mass is 32.2. The number of aromatic amines is 1. The summed E-state index contributed by atoms with van der Waals surface area (Å²) in [5.41, 5.74) is 7.34. The standard InChI is InChI=1S/C18H19N4O4S/c1-27(25,26)8-6-20-11-12-4-5-15-13(9-12)10-16(21-15)14-3-2-7-22(17(14)23)18(19)24/h3-5,7,9-10,20-21H,6,8,11H2,1H3,(H2,19,24). The topological polar surface area (TPSA) is 127 Å². The zero-order chi connectivity index (χ0) is 19.6. The fraction of sp³-hybridized carbons (Fsp3) is 0.222. The van der Waals surface area contributed by atoms with E-state index in [4.69, 9.17) is 5.73 Å². The molecule has 3 rings (SSSR count). The van der Waals surface area contributed by atoms with Crippen LogP contribution in [0.5, 0.6) is 0 Å². The van der Waals surface area contributed by atoms with E-state index in [0.717, 1.165) is 21.0 Å². The highest BCUT2D eigenvalue weighted by molar-refractivity contribution is 7.90. The first kappa shape index (κ1) is 18.9. The van der Waals surface area contributed by atoms with Crippen LogP contribution in [0.2, 0.25) is 0 Å². The molecule has 0 aliphatic carbocycles. The second kappa shape index (κ2) is 7.37. The summed E-state index contributed by atoms with van der Waals surface area (Å²) in [5, 5.41) is 3.98. The minimum Gasteiger partial charge on any atom is -0.354 e. The van der Waals surface area contributed by atoms with Crippen LogP contribution in [-0.2, 0) is 16.4 Å². The maximum Gasteiger partial charge on any atom is 0.325 e. The number of sulfone groups is 1. The summed E-state index contributed by atoms with van der Waals surface area (Å²) in [7, 11) is -2.99. The molecular weight excluding hydrogens is 368 g/mol. The van der Waals surface area contributed by atoms with Crippen molar-refractivity contribution in [3.63, 3.8) is 0 Å². The summed E-state index contributed by atoms with van der Waals surface area (Å²) >= 11 is 0. The van der Waals surface area contributed by atoms with E-state index in [-0.39, 0.29) is 5.75 Å². The van der Waals surface area contributed by atoms with E-state index in [9.17, 15) is 18.0 Å². The molecule has 0 fully saturated rings. The summed E-state index contributed by atoms with van der Waals surface area (Å²) in [4.78, 5) is 26.8. The van der Waals surface area contributed by atoms with Gasteiger partial charge in [-0.2, -0.15) is 0 Å². The van der Waals surface area contributed by atoms with Gasteiger partial charge < -0.3 is 16.0 Å². The number of carbonyl (C=O) groups is 1. The Kier molecular flexibility index (Phi) is 5.15. The SMILES string of the molecule is CS(=O)(=O)CCNCc1ccc2[nH]c(-c3c[c]cn(C(N)=O)c3=O)cc2c1. The van der Waals surface area contributed by atoms with Crippen LogP contribution in [0.4, 0.5) is 4.79 Å².